The van der Waals surface area contributed by atoms with E-state index in [-0.39, 0.29) is 18.2 Å². The van der Waals surface area contributed by atoms with E-state index >= 15 is 0 Å². The zero-order chi connectivity index (χ0) is 25.3. The summed E-state index contributed by atoms with van der Waals surface area (Å²) in [6.45, 7) is 9.43. The normalized spacial score (nSPS) is 22.6. The first-order valence-electron chi connectivity index (χ1n) is 12.6. The summed E-state index contributed by atoms with van der Waals surface area (Å²) in [7, 11) is 0. The summed E-state index contributed by atoms with van der Waals surface area (Å²) < 4.78 is 13.1. The average Bonchev–Trinajstić information content (AvgIpc) is 2.89. The summed E-state index contributed by atoms with van der Waals surface area (Å²) in [5, 5.41) is 3.11. The Bertz CT molecular complexity index is 1070. The van der Waals surface area contributed by atoms with Gasteiger partial charge in [0, 0.05) is 17.4 Å². The molecule has 190 valence electrons. The second-order valence-corrected chi connectivity index (χ2v) is 10.4. The molecule has 2 aromatic rings. The minimum atomic E-state index is -0.374. The van der Waals surface area contributed by atoms with Crippen LogP contribution in [0.3, 0.4) is 0 Å². The summed E-state index contributed by atoms with van der Waals surface area (Å²) in [5.74, 6) is 1.17. The van der Waals surface area contributed by atoms with Gasteiger partial charge < -0.3 is 14.8 Å². The van der Waals surface area contributed by atoms with Gasteiger partial charge in [-0.05, 0) is 79.8 Å². The number of carbonyl (C=O) groups is 1. The van der Waals surface area contributed by atoms with Gasteiger partial charge in [-0.3, -0.25) is 4.90 Å². The van der Waals surface area contributed by atoms with Gasteiger partial charge >= 0.3 is 6.09 Å². The minimum absolute atomic E-state index is 0.0358. The van der Waals surface area contributed by atoms with Gasteiger partial charge in [0.05, 0.1) is 12.6 Å². The monoisotopic (exact) mass is 550 g/mol. The standard InChI is InChI=1S/C30H35BrN2O3/c1-3-7-27(35-19-16-23-10-12-26(31)13-11-23)20-22(2)29(25-8-5-4-6-9-25)32-30(34)36-28-21-33-17-14-24(28)15-18-33/h3-13,20,24,28-29H,1,14-19,21H2,2H3,(H,32,34). The Morgan fingerprint density at radius 1 is 1.17 bits per heavy atom. The zero-order valence-electron chi connectivity index (χ0n) is 20.9. The maximum atomic E-state index is 13.0. The van der Waals surface area contributed by atoms with E-state index in [4.69, 9.17) is 9.47 Å². The van der Waals surface area contributed by atoms with Crippen molar-refractivity contribution in [2.24, 2.45) is 5.92 Å². The lowest BCUT2D eigenvalue weighted by molar-refractivity contribution is -0.0336. The highest BCUT2D eigenvalue weighted by Gasteiger charge is 2.36. The number of nitrogens with zero attached hydrogens (tertiary/aromatic N) is 1. The number of hydrogen-bond acceptors (Lipinski definition) is 4. The molecule has 0 spiro atoms. The predicted molar refractivity (Wildman–Crippen MR) is 148 cm³/mol. The third kappa shape index (κ3) is 7.34. The molecule has 0 saturated carbocycles. The summed E-state index contributed by atoms with van der Waals surface area (Å²) in [6, 6.07) is 17.9. The Morgan fingerprint density at radius 3 is 2.53 bits per heavy atom. The molecule has 3 aliphatic heterocycles. The first-order valence-corrected chi connectivity index (χ1v) is 13.4. The SMILES string of the molecule is C=CC=C(C=C(C)C(NC(=O)OC1CN2CCC1CC2)c1ccccc1)OCCc1ccc(Br)cc1. The lowest BCUT2D eigenvalue weighted by atomic mass is 9.86. The molecule has 2 unspecified atom stereocenters. The maximum absolute atomic E-state index is 13.0. The van der Waals surface area contributed by atoms with Gasteiger partial charge in [0.2, 0.25) is 0 Å². The maximum Gasteiger partial charge on any atom is 0.408 e. The molecular weight excluding hydrogens is 516 g/mol. The number of hydrogen-bond donors (Lipinski definition) is 1. The number of ether oxygens (including phenoxy) is 2. The molecule has 5 rings (SSSR count). The van der Waals surface area contributed by atoms with Gasteiger partial charge in [-0.15, -0.1) is 0 Å². The molecule has 2 atom stereocenters. The van der Waals surface area contributed by atoms with Crippen molar-refractivity contribution in [2.45, 2.75) is 38.3 Å². The van der Waals surface area contributed by atoms with E-state index in [2.05, 4.69) is 44.9 Å². The van der Waals surface area contributed by atoms with Crippen molar-refractivity contribution in [2.75, 3.05) is 26.2 Å². The van der Waals surface area contributed by atoms with Crippen LogP contribution in [-0.4, -0.2) is 43.3 Å². The van der Waals surface area contributed by atoms with Crippen LogP contribution in [0.5, 0.6) is 0 Å². The van der Waals surface area contributed by atoms with Crippen LogP contribution in [0.25, 0.3) is 0 Å². The van der Waals surface area contributed by atoms with Crippen LogP contribution in [0.2, 0.25) is 0 Å². The van der Waals surface area contributed by atoms with Crippen LogP contribution in [0.4, 0.5) is 4.79 Å². The molecule has 3 fully saturated rings. The van der Waals surface area contributed by atoms with Crippen molar-refractivity contribution in [3.8, 4) is 0 Å². The highest BCUT2D eigenvalue weighted by Crippen LogP contribution is 2.30. The lowest BCUT2D eigenvalue weighted by Crippen LogP contribution is -2.52. The molecule has 36 heavy (non-hydrogen) atoms. The van der Waals surface area contributed by atoms with Gasteiger partial charge in [0.1, 0.15) is 11.9 Å². The first-order chi connectivity index (χ1) is 17.5. The molecule has 2 aromatic carbocycles. The van der Waals surface area contributed by atoms with E-state index < -0.39 is 0 Å². The van der Waals surface area contributed by atoms with E-state index in [1.807, 2.05) is 61.5 Å². The molecule has 0 aromatic heterocycles. The van der Waals surface area contributed by atoms with E-state index in [0.29, 0.717) is 18.3 Å². The quantitative estimate of drug-likeness (QED) is 0.268. The Kier molecular flexibility index (Phi) is 9.42. The lowest BCUT2D eigenvalue weighted by Gasteiger charge is -2.43. The van der Waals surface area contributed by atoms with Crippen molar-refractivity contribution in [3.05, 3.63) is 106 Å². The van der Waals surface area contributed by atoms with Gasteiger partial charge in [-0.25, -0.2) is 4.79 Å². The third-order valence-corrected chi connectivity index (χ3v) is 7.46. The average molecular weight is 552 g/mol. The summed E-state index contributed by atoms with van der Waals surface area (Å²) in [6.07, 6.45) is 8.12. The van der Waals surface area contributed by atoms with Crippen molar-refractivity contribution < 1.29 is 14.3 Å². The Balaban J connectivity index is 1.43. The number of nitrogens with one attached hydrogen (secondary N) is 1. The van der Waals surface area contributed by atoms with Crippen molar-refractivity contribution in [1.82, 2.24) is 10.2 Å². The van der Waals surface area contributed by atoms with Crippen LogP contribution in [0, 0.1) is 5.92 Å². The molecule has 1 amide bonds. The van der Waals surface area contributed by atoms with Crippen LogP contribution in [0.1, 0.15) is 36.9 Å². The fourth-order valence-electron chi connectivity index (χ4n) is 4.94. The highest BCUT2D eigenvalue weighted by molar-refractivity contribution is 9.10. The van der Waals surface area contributed by atoms with Gasteiger partial charge in [0.15, 0.2) is 0 Å². The van der Waals surface area contributed by atoms with E-state index in [1.54, 1.807) is 6.08 Å². The van der Waals surface area contributed by atoms with E-state index in [1.165, 1.54) is 5.56 Å². The third-order valence-electron chi connectivity index (χ3n) is 6.93. The second kappa shape index (κ2) is 12.9. The molecule has 3 aliphatic rings. The number of carbonyl (C=O) groups excluding carboxylic acids is 1. The predicted octanol–water partition coefficient (Wildman–Crippen LogP) is 6.59. The fraction of sp³-hybridized carbons (Fsp3) is 0.367. The molecule has 2 bridgehead atoms. The molecular formula is C30H35BrN2O3. The zero-order valence-corrected chi connectivity index (χ0v) is 22.5. The number of amides is 1. The fourth-order valence-corrected chi connectivity index (χ4v) is 5.20. The number of piperidine rings is 3. The molecule has 3 heterocycles. The molecule has 1 N–H and O–H groups in total. The molecule has 0 aliphatic carbocycles. The Hall–Kier alpha value is -2.83. The highest BCUT2D eigenvalue weighted by atomic mass is 79.9. The first kappa shape index (κ1) is 26.2. The molecule has 6 heteroatoms. The van der Waals surface area contributed by atoms with Crippen LogP contribution in [-0.2, 0) is 15.9 Å². The van der Waals surface area contributed by atoms with Crippen molar-refractivity contribution >= 4 is 22.0 Å². The van der Waals surface area contributed by atoms with Crippen molar-refractivity contribution in [3.63, 3.8) is 0 Å². The minimum Gasteiger partial charge on any atom is -0.493 e. The number of benzene rings is 2. The van der Waals surface area contributed by atoms with Crippen LogP contribution in [0.15, 0.2) is 95.2 Å². The van der Waals surface area contributed by atoms with Crippen LogP contribution >= 0.6 is 15.9 Å². The molecule has 5 nitrogen and oxygen atoms in total. The van der Waals surface area contributed by atoms with Crippen LogP contribution < -0.4 is 5.32 Å². The Morgan fingerprint density at radius 2 is 1.89 bits per heavy atom. The molecule has 3 saturated heterocycles. The number of allylic oxidation sites excluding steroid dienone is 3. The number of alkyl carbamates (subject to hydrolysis) is 1. The van der Waals surface area contributed by atoms with Gasteiger partial charge in [-0.1, -0.05) is 71.0 Å². The Labute approximate surface area is 223 Å². The van der Waals surface area contributed by atoms with E-state index in [9.17, 15) is 4.79 Å². The number of fused-ring (bicyclic) bond motifs is 3. The number of halogens is 1. The van der Waals surface area contributed by atoms with E-state index in [0.717, 1.165) is 54.5 Å². The summed E-state index contributed by atoms with van der Waals surface area (Å²) in [5.41, 5.74) is 3.14. The molecule has 0 radical (unpaired) electrons. The topological polar surface area (TPSA) is 50.8 Å². The number of rotatable bonds is 10. The van der Waals surface area contributed by atoms with Crippen molar-refractivity contribution in [1.29, 1.82) is 0 Å². The van der Waals surface area contributed by atoms with Gasteiger partial charge in [0.25, 0.3) is 0 Å². The smallest absolute Gasteiger partial charge is 0.408 e. The van der Waals surface area contributed by atoms with Gasteiger partial charge in [-0.2, -0.15) is 0 Å². The second-order valence-electron chi connectivity index (χ2n) is 9.49. The largest absolute Gasteiger partial charge is 0.493 e. The summed E-state index contributed by atoms with van der Waals surface area (Å²) in [4.78, 5) is 15.4. The summed E-state index contributed by atoms with van der Waals surface area (Å²) >= 11 is 3.47.